The van der Waals surface area contributed by atoms with Crippen LogP contribution in [0, 0.1) is 0 Å². The largest absolute Gasteiger partial charge is 0.497 e. The molecular formula is C20H24N4O4. The minimum absolute atomic E-state index is 0.211. The summed E-state index contributed by atoms with van der Waals surface area (Å²) < 4.78 is 18.2. The van der Waals surface area contributed by atoms with Gasteiger partial charge in [-0.3, -0.25) is 9.48 Å². The van der Waals surface area contributed by atoms with E-state index < -0.39 is 0 Å². The molecule has 0 bridgehead atoms. The lowest BCUT2D eigenvalue weighted by molar-refractivity contribution is 0.0992. The molecule has 0 saturated carbocycles. The summed E-state index contributed by atoms with van der Waals surface area (Å²) in [5, 5.41) is 7.01. The van der Waals surface area contributed by atoms with Crippen molar-refractivity contribution in [2.24, 2.45) is 0 Å². The van der Waals surface area contributed by atoms with E-state index in [4.69, 9.17) is 13.9 Å². The maximum atomic E-state index is 12.4. The fraction of sp³-hybridized carbons (Fsp3) is 0.300. The van der Waals surface area contributed by atoms with Gasteiger partial charge in [0.25, 0.3) is 5.91 Å². The zero-order chi connectivity index (χ0) is 19.9. The molecule has 8 nitrogen and oxygen atoms in total. The highest BCUT2D eigenvalue weighted by molar-refractivity contribution is 6.02. The number of likely N-dealkylation sites (N-methyl/N-ethyl adjacent to an activating group) is 1. The van der Waals surface area contributed by atoms with Crippen molar-refractivity contribution in [1.82, 2.24) is 14.7 Å². The highest BCUT2D eigenvalue weighted by Gasteiger charge is 2.13. The van der Waals surface area contributed by atoms with E-state index in [0.717, 1.165) is 13.1 Å². The molecule has 8 heteroatoms. The summed E-state index contributed by atoms with van der Waals surface area (Å²) in [6.07, 6.45) is 3.40. The number of furan rings is 1. The van der Waals surface area contributed by atoms with Crippen molar-refractivity contribution in [3.05, 3.63) is 60.3 Å². The standard InChI is InChI=1S/C20H24N4O4/c1-23(2)9-10-24-13-15(12-21-24)22-20(25)19-8-7-18(28-19)14-27-17-6-4-5-16(11-17)26-3/h4-8,11-13H,9-10,14H2,1-3H3,(H,22,25). The Hall–Kier alpha value is -3.26. The number of hydrogen-bond donors (Lipinski definition) is 1. The molecule has 0 aliphatic heterocycles. The van der Waals surface area contributed by atoms with E-state index in [2.05, 4.69) is 15.3 Å². The zero-order valence-corrected chi connectivity index (χ0v) is 16.2. The third kappa shape index (κ3) is 5.37. The van der Waals surface area contributed by atoms with Gasteiger partial charge in [-0.05, 0) is 38.4 Å². The molecule has 0 radical (unpaired) electrons. The average Bonchev–Trinajstić information content (AvgIpc) is 3.34. The molecule has 0 unspecified atom stereocenters. The Morgan fingerprint density at radius 2 is 2.07 bits per heavy atom. The number of methoxy groups -OCH3 is 1. The second-order valence-corrected chi connectivity index (χ2v) is 6.48. The van der Waals surface area contributed by atoms with Gasteiger partial charge >= 0.3 is 0 Å². The summed E-state index contributed by atoms with van der Waals surface area (Å²) in [5.74, 6) is 1.80. The molecule has 3 aromatic rings. The van der Waals surface area contributed by atoms with Gasteiger partial charge < -0.3 is 24.1 Å². The fourth-order valence-corrected chi connectivity index (χ4v) is 2.47. The lowest BCUT2D eigenvalue weighted by Crippen LogP contribution is -2.18. The number of ether oxygens (including phenoxy) is 2. The molecule has 0 atom stereocenters. The maximum Gasteiger partial charge on any atom is 0.291 e. The van der Waals surface area contributed by atoms with Crippen molar-refractivity contribution in [3.63, 3.8) is 0 Å². The molecule has 1 aromatic carbocycles. The van der Waals surface area contributed by atoms with Crippen LogP contribution in [0.25, 0.3) is 0 Å². The van der Waals surface area contributed by atoms with E-state index in [1.54, 1.807) is 42.4 Å². The third-order valence-electron chi connectivity index (χ3n) is 3.98. The minimum Gasteiger partial charge on any atom is -0.497 e. The summed E-state index contributed by atoms with van der Waals surface area (Å²) >= 11 is 0. The van der Waals surface area contributed by atoms with Gasteiger partial charge in [-0.15, -0.1) is 0 Å². The number of hydrogen-bond acceptors (Lipinski definition) is 6. The van der Waals surface area contributed by atoms with Crippen molar-refractivity contribution in [2.45, 2.75) is 13.2 Å². The summed E-state index contributed by atoms with van der Waals surface area (Å²) in [7, 11) is 5.60. The predicted octanol–water partition coefficient (Wildman–Crippen LogP) is 2.88. The second-order valence-electron chi connectivity index (χ2n) is 6.48. The first-order valence-corrected chi connectivity index (χ1v) is 8.87. The molecule has 1 N–H and O–H groups in total. The van der Waals surface area contributed by atoms with Gasteiger partial charge in [-0.1, -0.05) is 6.07 Å². The van der Waals surface area contributed by atoms with E-state index in [-0.39, 0.29) is 18.3 Å². The Kier molecular flexibility index (Phi) is 6.33. The Morgan fingerprint density at radius 1 is 1.25 bits per heavy atom. The summed E-state index contributed by atoms with van der Waals surface area (Å²) in [6.45, 7) is 1.82. The fourth-order valence-electron chi connectivity index (χ4n) is 2.47. The van der Waals surface area contributed by atoms with Crippen molar-refractivity contribution >= 4 is 11.6 Å². The van der Waals surface area contributed by atoms with Gasteiger partial charge in [0.15, 0.2) is 5.76 Å². The monoisotopic (exact) mass is 384 g/mol. The summed E-state index contributed by atoms with van der Waals surface area (Å²) in [6, 6.07) is 10.6. The molecule has 0 aliphatic carbocycles. The van der Waals surface area contributed by atoms with Crippen LogP contribution in [0.15, 0.2) is 53.2 Å². The molecule has 3 rings (SSSR count). The van der Waals surface area contributed by atoms with E-state index in [1.165, 1.54) is 0 Å². The number of amides is 1. The van der Waals surface area contributed by atoms with Gasteiger partial charge in [0.05, 0.1) is 25.5 Å². The van der Waals surface area contributed by atoms with Gasteiger partial charge in [0.1, 0.15) is 23.9 Å². The van der Waals surface area contributed by atoms with Gasteiger partial charge in [0, 0.05) is 18.8 Å². The molecule has 2 heterocycles. The number of anilines is 1. The van der Waals surface area contributed by atoms with Crippen molar-refractivity contribution in [1.29, 1.82) is 0 Å². The first-order valence-electron chi connectivity index (χ1n) is 8.87. The van der Waals surface area contributed by atoms with Gasteiger partial charge in [0.2, 0.25) is 0 Å². The number of benzene rings is 1. The SMILES string of the molecule is COc1cccc(OCc2ccc(C(=O)Nc3cnn(CCN(C)C)c3)o2)c1. The normalized spacial score (nSPS) is 10.9. The molecule has 148 valence electrons. The van der Waals surface area contributed by atoms with Crippen LogP contribution in [0.4, 0.5) is 5.69 Å². The first kappa shape index (κ1) is 19.5. The molecule has 0 aliphatic rings. The number of nitrogens with one attached hydrogen (secondary N) is 1. The Labute approximate surface area is 163 Å². The molecule has 0 fully saturated rings. The van der Waals surface area contributed by atoms with Crippen LogP contribution < -0.4 is 14.8 Å². The minimum atomic E-state index is -0.334. The molecule has 1 amide bonds. The Balaban J connectivity index is 1.53. The van der Waals surface area contributed by atoms with Crippen LogP contribution in [0.2, 0.25) is 0 Å². The number of rotatable bonds is 9. The number of carbonyl (C=O) groups excluding carboxylic acids is 1. The van der Waals surface area contributed by atoms with E-state index in [0.29, 0.717) is 22.9 Å². The van der Waals surface area contributed by atoms with E-state index in [1.807, 2.05) is 32.3 Å². The van der Waals surface area contributed by atoms with E-state index in [9.17, 15) is 4.79 Å². The van der Waals surface area contributed by atoms with Crippen molar-refractivity contribution in [3.8, 4) is 11.5 Å². The van der Waals surface area contributed by atoms with Crippen LogP contribution in [-0.2, 0) is 13.2 Å². The van der Waals surface area contributed by atoms with Gasteiger partial charge in [-0.25, -0.2) is 0 Å². The average molecular weight is 384 g/mol. The van der Waals surface area contributed by atoms with Crippen LogP contribution in [-0.4, -0.2) is 48.3 Å². The lowest BCUT2D eigenvalue weighted by atomic mass is 10.3. The molecular weight excluding hydrogens is 360 g/mol. The molecule has 2 aromatic heterocycles. The number of nitrogens with zero attached hydrogens (tertiary/aromatic N) is 3. The second kappa shape index (κ2) is 9.09. The number of aromatic nitrogens is 2. The first-order chi connectivity index (χ1) is 13.5. The van der Waals surface area contributed by atoms with Crippen LogP contribution in [0.1, 0.15) is 16.3 Å². The molecule has 0 saturated heterocycles. The lowest BCUT2D eigenvalue weighted by Gasteiger charge is -2.08. The Bertz CT molecular complexity index is 916. The van der Waals surface area contributed by atoms with Crippen LogP contribution in [0.3, 0.4) is 0 Å². The predicted molar refractivity (Wildman–Crippen MR) is 105 cm³/mol. The quantitative estimate of drug-likeness (QED) is 0.611. The summed E-state index contributed by atoms with van der Waals surface area (Å²) in [4.78, 5) is 14.4. The smallest absolute Gasteiger partial charge is 0.291 e. The topological polar surface area (TPSA) is 81.8 Å². The highest BCUT2D eigenvalue weighted by Crippen LogP contribution is 2.20. The van der Waals surface area contributed by atoms with Crippen molar-refractivity contribution < 1.29 is 18.7 Å². The highest BCUT2D eigenvalue weighted by atomic mass is 16.5. The Morgan fingerprint density at radius 3 is 2.86 bits per heavy atom. The van der Waals surface area contributed by atoms with E-state index >= 15 is 0 Å². The van der Waals surface area contributed by atoms with Crippen LogP contribution in [0.5, 0.6) is 11.5 Å². The van der Waals surface area contributed by atoms with Crippen molar-refractivity contribution in [2.75, 3.05) is 33.1 Å². The number of carbonyl (C=O) groups is 1. The molecule has 0 spiro atoms. The zero-order valence-electron chi connectivity index (χ0n) is 16.2. The summed E-state index contributed by atoms with van der Waals surface area (Å²) in [5.41, 5.74) is 0.620. The maximum absolute atomic E-state index is 12.4. The third-order valence-corrected chi connectivity index (χ3v) is 3.98. The molecule has 28 heavy (non-hydrogen) atoms. The van der Waals surface area contributed by atoms with Gasteiger partial charge in [-0.2, -0.15) is 5.10 Å². The van der Waals surface area contributed by atoms with Crippen LogP contribution >= 0.6 is 0 Å².